The van der Waals surface area contributed by atoms with Gasteiger partial charge in [0.05, 0.1) is 6.61 Å². The Hall–Kier alpha value is -2.58. The van der Waals surface area contributed by atoms with Crippen LogP contribution in [0.5, 0.6) is 5.88 Å². The van der Waals surface area contributed by atoms with E-state index in [1.54, 1.807) is 6.20 Å². The van der Waals surface area contributed by atoms with Crippen molar-refractivity contribution in [3.63, 3.8) is 0 Å². The van der Waals surface area contributed by atoms with E-state index in [0.717, 1.165) is 23.2 Å². The molecule has 0 fully saturated rings. The number of ether oxygens (including phenoxy) is 2. The highest BCUT2D eigenvalue weighted by Gasteiger charge is 2.23. The Bertz CT molecular complexity index is 762. The molecule has 0 aliphatic rings. The highest BCUT2D eigenvalue weighted by atomic mass is 16.5. The zero-order chi connectivity index (χ0) is 19.2. The first-order valence-corrected chi connectivity index (χ1v) is 8.81. The second-order valence-corrected chi connectivity index (χ2v) is 6.90. The van der Waals surface area contributed by atoms with Gasteiger partial charge in [0.2, 0.25) is 5.88 Å². The third kappa shape index (κ3) is 4.96. The van der Waals surface area contributed by atoms with Gasteiger partial charge in [0.1, 0.15) is 17.2 Å². The van der Waals surface area contributed by atoms with Gasteiger partial charge in [-0.15, -0.1) is 0 Å². The number of nitrogens with zero attached hydrogens (tertiary/aromatic N) is 3. The minimum atomic E-state index is -0.471. The lowest BCUT2D eigenvalue weighted by molar-refractivity contribution is 0.0471. The van der Waals surface area contributed by atoms with Crippen LogP contribution in [0.25, 0.3) is 11.1 Å². The highest BCUT2D eigenvalue weighted by molar-refractivity contribution is 5.73. The number of hydrogen-bond acceptors (Lipinski definition) is 5. The minimum Gasteiger partial charge on any atom is -0.471 e. The van der Waals surface area contributed by atoms with Crippen LogP contribution in [0, 0.1) is 11.3 Å². The smallest absolute Gasteiger partial charge is 0.232 e. The van der Waals surface area contributed by atoms with E-state index in [1.807, 2.05) is 70.1 Å². The molecule has 0 aliphatic carbocycles. The van der Waals surface area contributed by atoms with E-state index in [2.05, 4.69) is 11.1 Å². The Balaban J connectivity index is 2.30. The lowest BCUT2D eigenvalue weighted by Crippen LogP contribution is -2.30. The average Bonchev–Trinajstić information content (AvgIpc) is 2.61. The monoisotopic (exact) mass is 353 g/mol. The molecule has 1 heterocycles. The van der Waals surface area contributed by atoms with Crippen LogP contribution in [0.4, 0.5) is 5.69 Å². The van der Waals surface area contributed by atoms with Crippen molar-refractivity contribution in [3.05, 3.63) is 42.1 Å². The molecule has 1 aromatic carbocycles. The topological polar surface area (TPSA) is 58.4 Å². The van der Waals surface area contributed by atoms with Gasteiger partial charge in [0.25, 0.3) is 0 Å². The second-order valence-electron chi connectivity index (χ2n) is 6.90. The zero-order valence-electron chi connectivity index (χ0n) is 16.2. The SMILES string of the molecule is CCOCCC(C)(C)Oc1nccc(-c2ccc(N(C)C)cc2)c1C#N. The van der Waals surface area contributed by atoms with Crippen molar-refractivity contribution >= 4 is 5.69 Å². The predicted octanol–water partition coefficient (Wildman–Crippen LogP) is 4.27. The molecule has 0 atom stereocenters. The average molecular weight is 353 g/mol. The number of anilines is 1. The summed E-state index contributed by atoms with van der Waals surface area (Å²) >= 11 is 0. The standard InChI is InChI=1S/C21H27N3O2/c1-6-25-14-12-21(2,3)26-20-19(15-22)18(11-13-23-20)16-7-9-17(10-8-16)24(4)5/h7-11,13H,6,12,14H2,1-5H3. The third-order valence-corrected chi connectivity index (χ3v) is 4.15. The first kappa shape index (κ1) is 19.7. The quantitative estimate of drug-likeness (QED) is 0.663. The van der Waals surface area contributed by atoms with E-state index in [9.17, 15) is 5.26 Å². The summed E-state index contributed by atoms with van der Waals surface area (Å²) in [5.74, 6) is 0.364. The van der Waals surface area contributed by atoms with Gasteiger partial charge in [-0.2, -0.15) is 5.26 Å². The molecule has 0 spiro atoms. The van der Waals surface area contributed by atoms with Gasteiger partial charge in [-0.3, -0.25) is 0 Å². The van der Waals surface area contributed by atoms with Crippen molar-refractivity contribution < 1.29 is 9.47 Å². The van der Waals surface area contributed by atoms with Crippen molar-refractivity contribution in [1.82, 2.24) is 4.98 Å². The van der Waals surface area contributed by atoms with Crippen LogP contribution in [-0.2, 0) is 4.74 Å². The van der Waals surface area contributed by atoms with E-state index >= 15 is 0 Å². The van der Waals surface area contributed by atoms with Crippen molar-refractivity contribution in [2.45, 2.75) is 32.8 Å². The van der Waals surface area contributed by atoms with Gasteiger partial charge in [-0.25, -0.2) is 4.98 Å². The molecule has 0 aliphatic heterocycles. The van der Waals surface area contributed by atoms with Crippen LogP contribution in [0.2, 0.25) is 0 Å². The fraction of sp³-hybridized carbons (Fsp3) is 0.429. The normalized spacial score (nSPS) is 11.1. The van der Waals surface area contributed by atoms with Gasteiger partial charge in [0, 0.05) is 44.6 Å². The number of benzene rings is 1. The molecule has 2 rings (SSSR count). The summed E-state index contributed by atoms with van der Waals surface area (Å²) in [5, 5.41) is 9.71. The van der Waals surface area contributed by atoms with E-state index in [1.165, 1.54) is 0 Å². The molecule has 0 N–H and O–H groups in total. The summed E-state index contributed by atoms with van der Waals surface area (Å²) in [6.45, 7) is 7.21. The molecule has 0 amide bonds. The number of rotatable bonds is 8. The maximum Gasteiger partial charge on any atom is 0.232 e. The van der Waals surface area contributed by atoms with Crippen molar-refractivity contribution in [1.29, 1.82) is 5.26 Å². The highest BCUT2D eigenvalue weighted by Crippen LogP contribution is 2.31. The maximum absolute atomic E-state index is 9.71. The minimum absolute atomic E-state index is 0.364. The van der Waals surface area contributed by atoms with Gasteiger partial charge < -0.3 is 14.4 Å². The Morgan fingerprint density at radius 2 is 1.85 bits per heavy atom. The maximum atomic E-state index is 9.71. The number of pyridine rings is 1. The summed E-state index contributed by atoms with van der Waals surface area (Å²) in [6, 6.07) is 12.2. The summed E-state index contributed by atoms with van der Waals surface area (Å²) < 4.78 is 11.5. The Morgan fingerprint density at radius 1 is 1.15 bits per heavy atom. The van der Waals surface area contributed by atoms with Crippen LogP contribution in [0.3, 0.4) is 0 Å². The second kappa shape index (κ2) is 8.68. The molecular formula is C21H27N3O2. The van der Waals surface area contributed by atoms with E-state index < -0.39 is 5.60 Å². The summed E-state index contributed by atoms with van der Waals surface area (Å²) in [5.41, 5.74) is 2.88. The van der Waals surface area contributed by atoms with Crippen LogP contribution in [0.15, 0.2) is 36.5 Å². The lowest BCUT2D eigenvalue weighted by atomic mass is 10.0. The molecule has 138 valence electrons. The third-order valence-electron chi connectivity index (χ3n) is 4.15. The van der Waals surface area contributed by atoms with Crippen LogP contribution in [-0.4, -0.2) is 37.9 Å². The van der Waals surface area contributed by atoms with Gasteiger partial charge in [0.15, 0.2) is 0 Å². The molecular weight excluding hydrogens is 326 g/mol. The molecule has 0 saturated heterocycles. The van der Waals surface area contributed by atoms with Crippen molar-refractivity contribution in [2.75, 3.05) is 32.2 Å². The van der Waals surface area contributed by atoms with Gasteiger partial charge >= 0.3 is 0 Å². The fourth-order valence-electron chi connectivity index (χ4n) is 2.58. The first-order valence-electron chi connectivity index (χ1n) is 8.81. The van der Waals surface area contributed by atoms with Crippen LogP contribution in [0.1, 0.15) is 32.8 Å². The molecule has 5 heteroatoms. The Morgan fingerprint density at radius 3 is 2.42 bits per heavy atom. The van der Waals surface area contributed by atoms with Crippen LogP contribution < -0.4 is 9.64 Å². The molecule has 2 aromatic rings. The van der Waals surface area contributed by atoms with E-state index in [-0.39, 0.29) is 0 Å². The van der Waals surface area contributed by atoms with Gasteiger partial charge in [-0.1, -0.05) is 12.1 Å². The number of hydrogen-bond donors (Lipinski definition) is 0. The molecule has 0 unspecified atom stereocenters. The predicted molar refractivity (Wildman–Crippen MR) is 105 cm³/mol. The summed E-state index contributed by atoms with van der Waals surface area (Å²) in [4.78, 5) is 6.34. The molecule has 1 aromatic heterocycles. The van der Waals surface area contributed by atoms with Crippen LogP contribution >= 0.6 is 0 Å². The number of aromatic nitrogens is 1. The Labute approximate surface area is 156 Å². The fourth-order valence-corrected chi connectivity index (χ4v) is 2.58. The van der Waals surface area contributed by atoms with Crippen molar-refractivity contribution in [2.24, 2.45) is 0 Å². The first-order chi connectivity index (χ1) is 12.4. The molecule has 5 nitrogen and oxygen atoms in total. The number of nitriles is 1. The van der Waals surface area contributed by atoms with E-state index in [4.69, 9.17) is 9.47 Å². The molecule has 26 heavy (non-hydrogen) atoms. The van der Waals surface area contributed by atoms with Gasteiger partial charge in [-0.05, 0) is 44.5 Å². The Kier molecular flexibility index (Phi) is 6.59. The molecule has 0 saturated carbocycles. The lowest BCUT2D eigenvalue weighted by Gasteiger charge is -2.26. The largest absolute Gasteiger partial charge is 0.471 e. The van der Waals surface area contributed by atoms with Crippen molar-refractivity contribution in [3.8, 4) is 23.1 Å². The molecule has 0 radical (unpaired) electrons. The van der Waals surface area contributed by atoms with E-state index in [0.29, 0.717) is 24.7 Å². The zero-order valence-corrected chi connectivity index (χ0v) is 16.2. The summed E-state index contributed by atoms with van der Waals surface area (Å²) in [7, 11) is 4.00. The molecule has 0 bridgehead atoms. The summed E-state index contributed by atoms with van der Waals surface area (Å²) in [6.07, 6.45) is 2.40.